The molecule has 2 aromatic carbocycles. The molecular formula is C31H26N6O2. The highest BCUT2D eigenvalue weighted by molar-refractivity contribution is 6.10. The molecule has 0 fully saturated rings. The van der Waals surface area contributed by atoms with Gasteiger partial charge in [0.25, 0.3) is 0 Å². The maximum absolute atomic E-state index is 11.6. The number of carbonyl (C=O) groups is 1. The summed E-state index contributed by atoms with van der Waals surface area (Å²) in [5.41, 5.74) is 12.9. The first-order valence-corrected chi connectivity index (χ1v) is 12.3. The van der Waals surface area contributed by atoms with Crippen LogP contribution in [-0.2, 0) is 18.4 Å². The quantitative estimate of drug-likeness (QED) is 0.271. The lowest BCUT2D eigenvalue weighted by Gasteiger charge is -2.11. The molecule has 0 saturated heterocycles. The molecule has 0 aliphatic rings. The molecule has 0 saturated carbocycles. The average molecular weight is 515 g/mol. The van der Waals surface area contributed by atoms with Gasteiger partial charge >= 0.3 is 0 Å². The van der Waals surface area contributed by atoms with Crippen LogP contribution in [0.3, 0.4) is 0 Å². The van der Waals surface area contributed by atoms with Crippen LogP contribution in [-0.4, -0.2) is 20.4 Å². The van der Waals surface area contributed by atoms with Crippen molar-refractivity contribution in [2.75, 3.05) is 5.73 Å². The Morgan fingerprint density at radius 2 is 1.85 bits per heavy atom. The number of amides is 1. The van der Waals surface area contributed by atoms with Crippen molar-refractivity contribution in [2.24, 2.45) is 7.05 Å². The first kappa shape index (κ1) is 25.2. The maximum Gasteiger partial charge on any atom is 0.243 e. The van der Waals surface area contributed by atoms with E-state index >= 15 is 0 Å². The van der Waals surface area contributed by atoms with Crippen molar-refractivity contribution in [2.45, 2.75) is 13.5 Å². The van der Waals surface area contributed by atoms with E-state index in [4.69, 9.17) is 10.5 Å². The van der Waals surface area contributed by atoms with Gasteiger partial charge in [-0.2, -0.15) is 5.26 Å². The molecule has 0 unspecified atom stereocenters. The number of nitrogens with two attached hydrogens (primary N) is 1. The second-order valence-electron chi connectivity index (χ2n) is 9.04. The minimum atomic E-state index is -0.229. The zero-order valence-corrected chi connectivity index (χ0v) is 21.6. The summed E-state index contributed by atoms with van der Waals surface area (Å²) in [4.78, 5) is 20.3. The van der Waals surface area contributed by atoms with Crippen LogP contribution in [0.2, 0.25) is 0 Å². The summed E-state index contributed by atoms with van der Waals surface area (Å²) in [6.45, 7) is 5.78. The van der Waals surface area contributed by atoms with Crippen LogP contribution in [0, 0.1) is 18.3 Å². The van der Waals surface area contributed by atoms with Gasteiger partial charge in [-0.3, -0.25) is 4.79 Å². The molecule has 0 aliphatic carbocycles. The number of anilines is 1. The van der Waals surface area contributed by atoms with E-state index in [1.165, 1.54) is 12.3 Å². The number of nitrogens with one attached hydrogen (secondary N) is 1. The van der Waals surface area contributed by atoms with Gasteiger partial charge in [-0.1, -0.05) is 49.0 Å². The van der Waals surface area contributed by atoms with Crippen molar-refractivity contribution in [1.29, 1.82) is 5.26 Å². The van der Waals surface area contributed by atoms with E-state index in [9.17, 15) is 10.1 Å². The Bertz CT molecular complexity index is 1750. The largest absolute Gasteiger partial charge is 0.439 e. The van der Waals surface area contributed by atoms with Crippen molar-refractivity contribution in [3.63, 3.8) is 0 Å². The molecule has 3 N–H and O–H groups in total. The summed E-state index contributed by atoms with van der Waals surface area (Å²) in [6.07, 6.45) is 2.75. The van der Waals surface area contributed by atoms with Crippen molar-refractivity contribution in [1.82, 2.24) is 19.9 Å². The Morgan fingerprint density at radius 3 is 2.51 bits per heavy atom. The highest BCUT2D eigenvalue weighted by Crippen LogP contribution is 2.43. The fourth-order valence-electron chi connectivity index (χ4n) is 4.64. The molecule has 3 heterocycles. The van der Waals surface area contributed by atoms with E-state index in [-0.39, 0.29) is 5.91 Å². The molecule has 0 aliphatic heterocycles. The monoisotopic (exact) mass is 514 g/mol. The minimum absolute atomic E-state index is 0.229. The second kappa shape index (κ2) is 10.5. The molecule has 39 heavy (non-hydrogen) atoms. The number of pyridine rings is 2. The third-order valence-electron chi connectivity index (χ3n) is 6.47. The number of fused-ring (bicyclic) bond motifs is 1. The average Bonchev–Trinajstić information content (AvgIpc) is 3.26. The number of benzene rings is 2. The van der Waals surface area contributed by atoms with E-state index in [1.807, 2.05) is 85.3 Å². The summed E-state index contributed by atoms with van der Waals surface area (Å²) in [5, 5.41) is 13.3. The highest BCUT2D eigenvalue weighted by atomic mass is 16.5. The number of nitrogen functional groups attached to an aromatic ring is 1. The Balaban J connectivity index is 1.61. The summed E-state index contributed by atoms with van der Waals surface area (Å²) in [6, 6.07) is 23.4. The fourth-order valence-corrected chi connectivity index (χ4v) is 4.64. The van der Waals surface area contributed by atoms with Gasteiger partial charge < -0.3 is 20.4 Å². The van der Waals surface area contributed by atoms with Crippen LogP contribution in [0.4, 0.5) is 5.82 Å². The topological polar surface area (TPSA) is 119 Å². The zero-order chi connectivity index (χ0) is 27.5. The number of ether oxygens (including phenoxy) is 1. The number of aryl methyl sites for hydroxylation is 2. The van der Waals surface area contributed by atoms with E-state index in [0.29, 0.717) is 40.5 Å². The van der Waals surface area contributed by atoms with Gasteiger partial charge in [0.1, 0.15) is 17.6 Å². The van der Waals surface area contributed by atoms with E-state index in [2.05, 4.69) is 27.9 Å². The van der Waals surface area contributed by atoms with Crippen LogP contribution in [0.5, 0.6) is 11.6 Å². The summed E-state index contributed by atoms with van der Waals surface area (Å²) >= 11 is 0. The minimum Gasteiger partial charge on any atom is -0.439 e. The standard InChI is InChI=1S/C31H26N6O2/c1-4-25(38)34-17-20-8-10-22(11-9-20)29-27(28-30(37(29)3)23(16-32)18-35-31(28)33)21-12-14-24(15-13-21)39-26-7-5-6-19(2)36-26/h4-15,18H,1,17H2,2-3H3,(H2,33,35)(H,34,38). The van der Waals surface area contributed by atoms with E-state index in [0.717, 1.165) is 33.6 Å². The maximum atomic E-state index is 11.6. The second-order valence-corrected chi connectivity index (χ2v) is 9.04. The van der Waals surface area contributed by atoms with Crippen LogP contribution < -0.4 is 15.8 Å². The van der Waals surface area contributed by atoms with Gasteiger partial charge in [-0.25, -0.2) is 9.97 Å². The number of rotatable bonds is 7. The molecule has 8 heteroatoms. The molecule has 3 aromatic heterocycles. The lowest BCUT2D eigenvalue weighted by Crippen LogP contribution is -2.19. The van der Waals surface area contributed by atoms with Gasteiger partial charge in [0.2, 0.25) is 11.8 Å². The molecule has 5 rings (SSSR count). The molecule has 5 aromatic rings. The highest BCUT2D eigenvalue weighted by Gasteiger charge is 2.23. The van der Waals surface area contributed by atoms with Gasteiger partial charge in [0.05, 0.1) is 22.2 Å². The van der Waals surface area contributed by atoms with Crippen molar-refractivity contribution < 1.29 is 9.53 Å². The summed E-state index contributed by atoms with van der Waals surface area (Å²) in [7, 11) is 1.92. The molecule has 0 bridgehead atoms. The molecule has 0 spiro atoms. The van der Waals surface area contributed by atoms with Crippen LogP contribution >= 0.6 is 0 Å². The lowest BCUT2D eigenvalue weighted by atomic mass is 9.97. The Labute approximate surface area is 226 Å². The van der Waals surface area contributed by atoms with E-state index in [1.54, 1.807) is 0 Å². The zero-order valence-electron chi connectivity index (χ0n) is 21.6. The van der Waals surface area contributed by atoms with Crippen LogP contribution in [0.25, 0.3) is 33.3 Å². The van der Waals surface area contributed by atoms with Crippen molar-refractivity contribution in [3.8, 4) is 40.1 Å². The Hall–Kier alpha value is -5.42. The Morgan fingerprint density at radius 1 is 1.13 bits per heavy atom. The first-order chi connectivity index (χ1) is 18.9. The Kier molecular flexibility index (Phi) is 6.81. The van der Waals surface area contributed by atoms with Gasteiger partial charge in [-0.05, 0) is 47.9 Å². The number of nitriles is 1. The fraction of sp³-hybridized carbons (Fsp3) is 0.0968. The van der Waals surface area contributed by atoms with Crippen LogP contribution in [0.1, 0.15) is 16.8 Å². The predicted octanol–water partition coefficient (Wildman–Crippen LogP) is 5.66. The molecule has 0 radical (unpaired) electrons. The number of hydrogen-bond acceptors (Lipinski definition) is 6. The molecule has 192 valence electrons. The smallest absolute Gasteiger partial charge is 0.243 e. The summed E-state index contributed by atoms with van der Waals surface area (Å²) in [5.74, 6) is 1.28. The molecule has 1 amide bonds. The SMILES string of the molecule is C=CC(=O)NCc1ccc(-c2c(-c3ccc(Oc4cccc(C)n4)cc3)c3c(N)ncc(C#N)c3n2C)cc1. The summed E-state index contributed by atoms with van der Waals surface area (Å²) < 4.78 is 7.93. The van der Waals surface area contributed by atoms with Crippen molar-refractivity contribution >= 4 is 22.6 Å². The third-order valence-corrected chi connectivity index (χ3v) is 6.47. The number of aromatic nitrogens is 3. The molecule has 0 atom stereocenters. The van der Waals surface area contributed by atoms with Crippen LogP contribution in [0.15, 0.2) is 85.6 Å². The molecule has 8 nitrogen and oxygen atoms in total. The third kappa shape index (κ3) is 4.93. The number of nitrogens with zero attached hydrogens (tertiary/aromatic N) is 4. The van der Waals surface area contributed by atoms with Gasteiger partial charge in [0, 0.05) is 37.1 Å². The molecular weight excluding hydrogens is 488 g/mol. The van der Waals surface area contributed by atoms with Gasteiger partial charge in [-0.15, -0.1) is 0 Å². The van der Waals surface area contributed by atoms with E-state index < -0.39 is 0 Å². The number of hydrogen-bond donors (Lipinski definition) is 2. The van der Waals surface area contributed by atoms with Gasteiger partial charge in [0.15, 0.2) is 0 Å². The number of carbonyl (C=O) groups excluding carboxylic acids is 1. The first-order valence-electron chi connectivity index (χ1n) is 12.3. The van der Waals surface area contributed by atoms with Crippen molar-refractivity contribution in [3.05, 3.63) is 102 Å². The normalized spacial score (nSPS) is 10.7. The lowest BCUT2D eigenvalue weighted by molar-refractivity contribution is -0.116. The predicted molar refractivity (Wildman–Crippen MR) is 152 cm³/mol.